The molecular formula is C16H13FN2OS. The van der Waals surface area contributed by atoms with Crippen LogP contribution in [-0.4, -0.2) is 9.55 Å². The van der Waals surface area contributed by atoms with Crippen molar-refractivity contribution in [3.05, 3.63) is 57.2 Å². The van der Waals surface area contributed by atoms with Crippen molar-refractivity contribution in [2.75, 3.05) is 0 Å². The molecule has 106 valence electrons. The summed E-state index contributed by atoms with van der Waals surface area (Å²) in [6.07, 6.45) is 5.86. The molecule has 0 radical (unpaired) electrons. The Morgan fingerprint density at radius 2 is 1.90 bits per heavy atom. The minimum atomic E-state index is -0.311. The van der Waals surface area contributed by atoms with Gasteiger partial charge in [0.05, 0.1) is 11.1 Å². The van der Waals surface area contributed by atoms with E-state index in [1.165, 1.54) is 33.6 Å². The minimum absolute atomic E-state index is 0.0500. The molecule has 0 N–H and O–H groups in total. The fraction of sp³-hybridized carbons (Fsp3) is 0.250. The summed E-state index contributed by atoms with van der Waals surface area (Å²) in [4.78, 5) is 19.3. The molecule has 21 heavy (non-hydrogen) atoms. The molecular weight excluding hydrogens is 287 g/mol. The van der Waals surface area contributed by atoms with Gasteiger partial charge in [-0.3, -0.25) is 9.36 Å². The highest BCUT2D eigenvalue weighted by molar-refractivity contribution is 7.18. The van der Waals surface area contributed by atoms with Crippen LogP contribution in [0.3, 0.4) is 0 Å². The van der Waals surface area contributed by atoms with E-state index in [2.05, 4.69) is 4.98 Å². The molecule has 1 aromatic carbocycles. The van der Waals surface area contributed by atoms with E-state index in [4.69, 9.17) is 0 Å². The second kappa shape index (κ2) is 4.77. The fourth-order valence-electron chi connectivity index (χ4n) is 2.93. The zero-order valence-corrected chi connectivity index (χ0v) is 12.1. The molecule has 1 aliphatic rings. The van der Waals surface area contributed by atoms with Gasteiger partial charge in [0, 0.05) is 4.88 Å². The first-order valence-corrected chi connectivity index (χ1v) is 7.83. The van der Waals surface area contributed by atoms with Crippen molar-refractivity contribution < 1.29 is 4.39 Å². The van der Waals surface area contributed by atoms with Crippen molar-refractivity contribution in [2.45, 2.75) is 25.7 Å². The summed E-state index contributed by atoms with van der Waals surface area (Å²) < 4.78 is 14.5. The van der Waals surface area contributed by atoms with Crippen molar-refractivity contribution in [3.63, 3.8) is 0 Å². The molecule has 0 spiro atoms. The third kappa shape index (κ3) is 2.00. The first kappa shape index (κ1) is 12.7. The van der Waals surface area contributed by atoms with Crippen molar-refractivity contribution in [1.82, 2.24) is 9.55 Å². The van der Waals surface area contributed by atoms with Crippen LogP contribution in [0.15, 0.2) is 35.4 Å². The first-order valence-electron chi connectivity index (χ1n) is 7.02. The lowest BCUT2D eigenvalue weighted by Crippen LogP contribution is -2.19. The van der Waals surface area contributed by atoms with Crippen molar-refractivity contribution >= 4 is 21.6 Å². The summed E-state index contributed by atoms with van der Waals surface area (Å²) in [5.41, 5.74) is 1.77. The lowest BCUT2D eigenvalue weighted by atomic mass is 9.97. The number of hydrogen-bond acceptors (Lipinski definition) is 3. The molecule has 0 bridgehead atoms. The Morgan fingerprint density at radius 3 is 2.71 bits per heavy atom. The van der Waals surface area contributed by atoms with Crippen LogP contribution in [0.5, 0.6) is 0 Å². The van der Waals surface area contributed by atoms with E-state index in [9.17, 15) is 9.18 Å². The van der Waals surface area contributed by atoms with E-state index in [1.54, 1.807) is 29.8 Å². The predicted octanol–water partition coefficient (Wildman–Crippen LogP) is 3.47. The van der Waals surface area contributed by atoms with Crippen LogP contribution in [0, 0.1) is 5.82 Å². The lowest BCUT2D eigenvalue weighted by Gasteiger charge is -2.10. The van der Waals surface area contributed by atoms with Gasteiger partial charge in [-0.1, -0.05) is 0 Å². The Labute approximate surface area is 124 Å². The second-order valence-electron chi connectivity index (χ2n) is 5.29. The third-order valence-electron chi connectivity index (χ3n) is 3.98. The molecule has 0 aliphatic heterocycles. The molecule has 3 nitrogen and oxygen atoms in total. The summed E-state index contributed by atoms with van der Waals surface area (Å²) in [6.45, 7) is 0. The van der Waals surface area contributed by atoms with Crippen LogP contribution in [-0.2, 0) is 12.8 Å². The number of hydrogen-bond donors (Lipinski definition) is 0. The summed E-state index contributed by atoms with van der Waals surface area (Å²) in [5, 5.41) is 0.751. The second-order valence-corrected chi connectivity index (χ2v) is 6.37. The van der Waals surface area contributed by atoms with Crippen LogP contribution < -0.4 is 5.56 Å². The Balaban J connectivity index is 1.97. The van der Waals surface area contributed by atoms with E-state index in [0.29, 0.717) is 5.69 Å². The monoisotopic (exact) mass is 300 g/mol. The lowest BCUT2D eigenvalue weighted by molar-refractivity contribution is 0.627. The summed E-state index contributed by atoms with van der Waals surface area (Å²) in [7, 11) is 0. The largest absolute Gasteiger partial charge is 0.268 e. The molecule has 0 saturated carbocycles. The van der Waals surface area contributed by atoms with Crippen molar-refractivity contribution in [1.29, 1.82) is 0 Å². The predicted molar refractivity (Wildman–Crippen MR) is 81.8 cm³/mol. The summed E-state index contributed by atoms with van der Waals surface area (Å²) in [5.74, 6) is -0.311. The molecule has 4 rings (SSSR count). The van der Waals surface area contributed by atoms with Crippen molar-refractivity contribution in [2.24, 2.45) is 0 Å². The molecule has 0 fully saturated rings. The molecule has 2 heterocycles. The average molecular weight is 300 g/mol. The zero-order chi connectivity index (χ0) is 14.4. The van der Waals surface area contributed by atoms with E-state index in [0.717, 1.165) is 29.5 Å². The normalized spacial score (nSPS) is 14.3. The summed E-state index contributed by atoms with van der Waals surface area (Å²) in [6, 6.07) is 5.91. The van der Waals surface area contributed by atoms with Crippen LogP contribution in [0.4, 0.5) is 4.39 Å². The van der Waals surface area contributed by atoms with Gasteiger partial charge in [-0.2, -0.15) is 0 Å². The first-order chi connectivity index (χ1) is 10.2. The SMILES string of the molecule is O=c1c2c3c(sc2ncn1-c1ccc(F)cc1)CCCC3. The smallest absolute Gasteiger partial charge is 0.266 e. The Hall–Kier alpha value is -2.01. The average Bonchev–Trinajstić information content (AvgIpc) is 2.88. The maximum Gasteiger partial charge on any atom is 0.266 e. The van der Waals surface area contributed by atoms with Gasteiger partial charge in [-0.05, 0) is 55.5 Å². The highest BCUT2D eigenvalue weighted by Crippen LogP contribution is 2.33. The van der Waals surface area contributed by atoms with Gasteiger partial charge in [-0.15, -0.1) is 11.3 Å². The number of fused-ring (bicyclic) bond motifs is 3. The molecule has 0 atom stereocenters. The molecule has 5 heteroatoms. The topological polar surface area (TPSA) is 34.9 Å². The molecule has 2 aromatic heterocycles. The van der Waals surface area contributed by atoms with E-state index in [1.807, 2.05) is 0 Å². The zero-order valence-electron chi connectivity index (χ0n) is 11.3. The van der Waals surface area contributed by atoms with Gasteiger partial charge in [0.15, 0.2) is 0 Å². The minimum Gasteiger partial charge on any atom is -0.268 e. The van der Waals surface area contributed by atoms with Gasteiger partial charge >= 0.3 is 0 Å². The standard InChI is InChI=1S/C16H13FN2OS/c17-10-5-7-11(8-6-10)19-9-18-15-14(16(19)20)12-3-1-2-4-13(12)21-15/h5-9H,1-4H2. The number of thiophene rings is 1. The van der Waals surface area contributed by atoms with E-state index in [-0.39, 0.29) is 11.4 Å². The van der Waals surface area contributed by atoms with E-state index < -0.39 is 0 Å². The molecule has 0 unspecified atom stereocenters. The van der Waals surface area contributed by atoms with Crippen LogP contribution in [0.25, 0.3) is 15.9 Å². The summed E-state index contributed by atoms with van der Waals surface area (Å²) >= 11 is 1.64. The molecule has 1 aliphatic carbocycles. The Bertz CT molecular complexity index is 880. The highest BCUT2D eigenvalue weighted by Gasteiger charge is 2.20. The molecule has 3 aromatic rings. The Morgan fingerprint density at radius 1 is 1.14 bits per heavy atom. The highest BCUT2D eigenvalue weighted by atomic mass is 32.1. The Kier molecular flexibility index (Phi) is 2.89. The van der Waals surface area contributed by atoms with Gasteiger partial charge in [0.1, 0.15) is 17.0 Å². The molecule has 0 amide bonds. The van der Waals surface area contributed by atoms with Gasteiger partial charge in [0.25, 0.3) is 5.56 Å². The van der Waals surface area contributed by atoms with Crippen molar-refractivity contribution in [3.8, 4) is 5.69 Å². The van der Waals surface area contributed by atoms with Gasteiger partial charge in [-0.25, -0.2) is 9.37 Å². The number of aromatic nitrogens is 2. The maximum absolute atomic E-state index is 13.0. The van der Waals surface area contributed by atoms with Gasteiger partial charge < -0.3 is 0 Å². The number of aryl methyl sites for hydroxylation is 2. The number of nitrogens with zero attached hydrogens (tertiary/aromatic N) is 2. The number of halogens is 1. The number of rotatable bonds is 1. The van der Waals surface area contributed by atoms with Crippen LogP contribution >= 0.6 is 11.3 Å². The molecule has 0 saturated heterocycles. The van der Waals surface area contributed by atoms with Gasteiger partial charge in [0.2, 0.25) is 0 Å². The maximum atomic E-state index is 13.0. The third-order valence-corrected chi connectivity index (χ3v) is 5.18. The van der Waals surface area contributed by atoms with E-state index >= 15 is 0 Å². The quantitative estimate of drug-likeness (QED) is 0.690. The number of benzene rings is 1. The van der Waals surface area contributed by atoms with Crippen LogP contribution in [0.2, 0.25) is 0 Å². The fourth-order valence-corrected chi connectivity index (χ4v) is 4.15. The van der Waals surface area contributed by atoms with Crippen LogP contribution in [0.1, 0.15) is 23.3 Å².